The predicted octanol–water partition coefficient (Wildman–Crippen LogP) is 4.34. The van der Waals surface area contributed by atoms with Crippen LogP contribution in [0.5, 0.6) is 0 Å². The smallest absolute Gasteiger partial charge is 0.350 e. The van der Waals surface area contributed by atoms with Gasteiger partial charge in [-0.05, 0) is 30.7 Å². The molecule has 0 fully saturated rings. The summed E-state index contributed by atoms with van der Waals surface area (Å²) in [4.78, 5) is 24.9. The monoisotopic (exact) mass is 398 g/mol. The average Bonchev–Trinajstić information content (AvgIpc) is 2.58. The molecule has 0 spiro atoms. The van der Waals surface area contributed by atoms with Crippen LogP contribution in [-0.2, 0) is 22.3 Å². The van der Waals surface area contributed by atoms with Crippen LogP contribution in [0.2, 0.25) is 5.02 Å². The molecule has 0 heterocycles. The molecule has 0 aliphatic heterocycles. The van der Waals surface area contributed by atoms with Crippen molar-refractivity contribution in [3.63, 3.8) is 0 Å². The maximum atomic E-state index is 13.3. The molecule has 144 valence electrons. The molecule has 27 heavy (non-hydrogen) atoms. The van der Waals surface area contributed by atoms with Crippen LogP contribution >= 0.6 is 11.6 Å². The summed E-state index contributed by atoms with van der Waals surface area (Å²) in [7, 11) is 0. The Morgan fingerprint density at radius 2 is 1.74 bits per heavy atom. The summed E-state index contributed by atoms with van der Waals surface area (Å²) in [5.74, 6) is -1.26. The van der Waals surface area contributed by atoms with Crippen LogP contribution in [0.3, 0.4) is 0 Å². The Bertz CT molecular complexity index is 836. The summed E-state index contributed by atoms with van der Waals surface area (Å²) in [6.07, 6.45) is -4.72. The molecule has 0 aromatic heterocycles. The third-order valence-corrected chi connectivity index (χ3v) is 4.08. The topological polar surface area (TPSA) is 49.4 Å². The summed E-state index contributed by atoms with van der Waals surface area (Å²) in [6.45, 7) is 2.70. The first-order valence-electron chi connectivity index (χ1n) is 8.05. The van der Waals surface area contributed by atoms with Crippen LogP contribution in [-0.4, -0.2) is 18.4 Å². The van der Waals surface area contributed by atoms with E-state index in [1.165, 1.54) is 6.07 Å². The Morgan fingerprint density at radius 1 is 1.11 bits per heavy atom. The number of rotatable bonds is 5. The number of amides is 2. The maximum absolute atomic E-state index is 13.3. The van der Waals surface area contributed by atoms with E-state index in [1.54, 1.807) is 0 Å². The third kappa shape index (κ3) is 5.72. The van der Waals surface area contributed by atoms with Gasteiger partial charge in [-0.25, -0.2) is 0 Å². The van der Waals surface area contributed by atoms with E-state index >= 15 is 0 Å². The first-order chi connectivity index (χ1) is 12.6. The Morgan fingerprint density at radius 3 is 2.30 bits per heavy atom. The molecule has 0 unspecified atom stereocenters. The highest BCUT2D eigenvalue weighted by Gasteiger charge is 2.36. The quantitative estimate of drug-likeness (QED) is 0.814. The van der Waals surface area contributed by atoms with Gasteiger partial charge in [-0.1, -0.05) is 41.4 Å². The van der Waals surface area contributed by atoms with Gasteiger partial charge >= 0.3 is 6.18 Å². The Balaban J connectivity index is 2.17. The van der Waals surface area contributed by atoms with Gasteiger partial charge in [-0.2, -0.15) is 13.2 Å². The van der Waals surface area contributed by atoms with Gasteiger partial charge in [-0.3, -0.25) is 9.59 Å². The number of nitrogens with zero attached hydrogens (tertiary/aromatic N) is 1. The van der Waals surface area contributed by atoms with Gasteiger partial charge in [0.15, 0.2) is 0 Å². The lowest BCUT2D eigenvalue weighted by Gasteiger charge is -2.24. The minimum absolute atomic E-state index is 0.113. The molecular weight excluding hydrogens is 381 g/mol. The Kier molecular flexibility index (Phi) is 6.49. The van der Waals surface area contributed by atoms with E-state index in [-0.39, 0.29) is 11.6 Å². The molecule has 2 aromatic carbocycles. The number of aryl methyl sites for hydroxylation is 1. The SMILES string of the molecule is CC(=O)N(CC(=O)NCc1ccc(C)cc1)c1ccc(Cl)cc1C(F)(F)F. The number of hydrogen-bond acceptors (Lipinski definition) is 2. The number of nitrogens with one attached hydrogen (secondary N) is 1. The summed E-state index contributed by atoms with van der Waals surface area (Å²) in [5.41, 5.74) is 0.419. The molecule has 0 aliphatic rings. The fourth-order valence-electron chi connectivity index (χ4n) is 2.44. The van der Waals surface area contributed by atoms with Crippen molar-refractivity contribution in [1.29, 1.82) is 0 Å². The van der Waals surface area contributed by atoms with Crippen LogP contribution in [0.25, 0.3) is 0 Å². The summed E-state index contributed by atoms with van der Waals surface area (Å²) >= 11 is 5.66. The van der Waals surface area contributed by atoms with E-state index in [0.29, 0.717) is 0 Å². The van der Waals surface area contributed by atoms with Crippen molar-refractivity contribution in [2.75, 3.05) is 11.4 Å². The van der Waals surface area contributed by atoms with Crippen LogP contribution in [0.4, 0.5) is 18.9 Å². The standard InChI is InChI=1S/C19H18ClF3N2O2/c1-12-3-5-14(6-4-12)10-24-18(27)11-25(13(2)26)17-8-7-15(20)9-16(17)19(21,22)23/h3-9H,10-11H2,1-2H3,(H,24,27). The Hall–Kier alpha value is -2.54. The van der Waals surface area contributed by atoms with Gasteiger partial charge in [0.25, 0.3) is 0 Å². The average molecular weight is 399 g/mol. The maximum Gasteiger partial charge on any atom is 0.418 e. The van der Waals surface area contributed by atoms with Crippen molar-refractivity contribution in [2.24, 2.45) is 0 Å². The second-order valence-corrected chi connectivity index (χ2v) is 6.46. The highest BCUT2D eigenvalue weighted by atomic mass is 35.5. The van der Waals surface area contributed by atoms with E-state index < -0.39 is 35.8 Å². The number of anilines is 1. The van der Waals surface area contributed by atoms with Crippen molar-refractivity contribution >= 4 is 29.1 Å². The second kappa shape index (κ2) is 8.43. The molecular formula is C19H18ClF3N2O2. The minimum Gasteiger partial charge on any atom is -0.350 e. The molecule has 8 heteroatoms. The lowest BCUT2D eigenvalue weighted by atomic mass is 10.1. The number of carbonyl (C=O) groups is 2. The number of carbonyl (C=O) groups excluding carboxylic acids is 2. The predicted molar refractivity (Wildman–Crippen MR) is 97.5 cm³/mol. The molecule has 2 aromatic rings. The molecule has 0 aliphatic carbocycles. The minimum atomic E-state index is -4.72. The van der Waals surface area contributed by atoms with E-state index in [4.69, 9.17) is 11.6 Å². The normalized spacial score (nSPS) is 11.2. The van der Waals surface area contributed by atoms with Gasteiger partial charge in [0.05, 0.1) is 11.3 Å². The van der Waals surface area contributed by atoms with Crippen LogP contribution in [0, 0.1) is 6.92 Å². The fraction of sp³-hybridized carbons (Fsp3) is 0.263. The van der Waals surface area contributed by atoms with Crippen LogP contribution in [0.1, 0.15) is 23.6 Å². The zero-order valence-electron chi connectivity index (χ0n) is 14.7. The first-order valence-corrected chi connectivity index (χ1v) is 8.43. The second-order valence-electron chi connectivity index (χ2n) is 6.03. The third-order valence-electron chi connectivity index (χ3n) is 3.85. The van der Waals surface area contributed by atoms with E-state index in [2.05, 4.69) is 5.32 Å². The lowest BCUT2D eigenvalue weighted by molar-refractivity contribution is -0.137. The van der Waals surface area contributed by atoms with Gasteiger partial charge in [-0.15, -0.1) is 0 Å². The van der Waals surface area contributed by atoms with E-state index in [1.807, 2.05) is 31.2 Å². The Labute approximate surface area is 159 Å². The molecule has 1 N–H and O–H groups in total. The van der Waals surface area contributed by atoms with Gasteiger partial charge < -0.3 is 10.2 Å². The molecule has 0 radical (unpaired) electrons. The molecule has 0 saturated carbocycles. The fourth-order valence-corrected chi connectivity index (χ4v) is 2.62. The zero-order chi connectivity index (χ0) is 20.2. The van der Waals surface area contributed by atoms with Crippen LogP contribution < -0.4 is 10.2 Å². The van der Waals surface area contributed by atoms with Crippen molar-refractivity contribution in [2.45, 2.75) is 26.6 Å². The molecule has 2 rings (SSSR count). The zero-order valence-corrected chi connectivity index (χ0v) is 15.5. The first kappa shape index (κ1) is 20.8. The van der Waals surface area contributed by atoms with E-state index in [9.17, 15) is 22.8 Å². The molecule has 4 nitrogen and oxygen atoms in total. The molecule has 0 atom stereocenters. The van der Waals surface area contributed by atoms with Gasteiger partial charge in [0.1, 0.15) is 6.54 Å². The van der Waals surface area contributed by atoms with Gasteiger partial charge in [0.2, 0.25) is 11.8 Å². The van der Waals surface area contributed by atoms with Crippen LogP contribution in [0.15, 0.2) is 42.5 Å². The number of halogens is 4. The highest BCUT2D eigenvalue weighted by Crippen LogP contribution is 2.38. The van der Waals surface area contributed by atoms with Crippen molar-refractivity contribution in [3.8, 4) is 0 Å². The summed E-state index contributed by atoms with van der Waals surface area (Å²) in [5, 5.41) is 2.49. The summed E-state index contributed by atoms with van der Waals surface area (Å²) in [6, 6.07) is 10.5. The largest absolute Gasteiger partial charge is 0.418 e. The van der Waals surface area contributed by atoms with E-state index in [0.717, 1.165) is 35.1 Å². The molecule has 0 bridgehead atoms. The van der Waals surface area contributed by atoms with Crippen molar-refractivity contribution in [1.82, 2.24) is 5.32 Å². The number of hydrogen-bond donors (Lipinski definition) is 1. The molecule has 2 amide bonds. The highest BCUT2D eigenvalue weighted by molar-refractivity contribution is 6.30. The lowest BCUT2D eigenvalue weighted by Crippen LogP contribution is -2.40. The summed E-state index contributed by atoms with van der Waals surface area (Å²) < 4.78 is 39.9. The number of benzene rings is 2. The number of alkyl halides is 3. The van der Waals surface area contributed by atoms with Gasteiger partial charge in [0, 0.05) is 18.5 Å². The van der Waals surface area contributed by atoms with Crippen molar-refractivity contribution in [3.05, 3.63) is 64.2 Å². The molecule has 0 saturated heterocycles. The van der Waals surface area contributed by atoms with Crippen molar-refractivity contribution < 1.29 is 22.8 Å².